The van der Waals surface area contributed by atoms with Gasteiger partial charge < -0.3 is 19.8 Å². The fourth-order valence-electron chi connectivity index (χ4n) is 3.28. The molecule has 2 rings (SSSR count). The first-order valence-electron chi connectivity index (χ1n) is 7.42. The molecular weight excluding hydrogens is 258 g/mol. The number of carboxylic acid groups (broad SMARTS) is 1. The molecule has 2 heterocycles. The molecule has 6 heteroatoms. The van der Waals surface area contributed by atoms with Crippen LogP contribution in [-0.2, 0) is 4.79 Å². The highest BCUT2D eigenvalue weighted by atomic mass is 16.4. The number of hydrogen-bond donors (Lipinski definition) is 1. The van der Waals surface area contributed by atoms with Gasteiger partial charge in [-0.05, 0) is 45.2 Å². The molecule has 0 aliphatic carbocycles. The van der Waals surface area contributed by atoms with Gasteiger partial charge in [-0.3, -0.25) is 0 Å². The molecule has 2 aliphatic heterocycles. The van der Waals surface area contributed by atoms with Crippen molar-refractivity contribution >= 4 is 12.0 Å². The second kappa shape index (κ2) is 6.43. The molecule has 0 aromatic heterocycles. The Bertz CT molecular complexity index is 375. The van der Waals surface area contributed by atoms with Gasteiger partial charge in [0.2, 0.25) is 0 Å². The number of carboxylic acids is 1. The lowest BCUT2D eigenvalue weighted by atomic mass is 10.0. The van der Waals surface area contributed by atoms with Crippen molar-refractivity contribution in [3.63, 3.8) is 0 Å². The molecule has 0 aromatic rings. The molecule has 114 valence electrons. The Kier molecular flexibility index (Phi) is 4.86. The minimum atomic E-state index is -0.882. The topological polar surface area (TPSA) is 64.1 Å². The quantitative estimate of drug-likeness (QED) is 0.837. The first kappa shape index (κ1) is 15.1. The number of carbonyl (C=O) groups is 2. The molecular formula is C14H25N3O3. The van der Waals surface area contributed by atoms with Crippen molar-refractivity contribution in [2.24, 2.45) is 5.92 Å². The first-order chi connectivity index (χ1) is 9.49. The van der Waals surface area contributed by atoms with Crippen molar-refractivity contribution in [2.75, 3.05) is 40.3 Å². The van der Waals surface area contributed by atoms with E-state index < -0.39 is 12.0 Å². The predicted octanol–water partition coefficient (Wildman–Crippen LogP) is 0.929. The average Bonchev–Trinajstić information content (AvgIpc) is 2.83. The summed E-state index contributed by atoms with van der Waals surface area (Å²) in [7, 11) is 3.88. The molecule has 1 N–H and O–H groups in total. The third-order valence-electron chi connectivity index (χ3n) is 4.38. The van der Waals surface area contributed by atoms with Crippen LogP contribution in [0, 0.1) is 5.92 Å². The summed E-state index contributed by atoms with van der Waals surface area (Å²) in [5.74, 6) is -0.380. The van der Waals surface area contributed by atoms with Crippen LogP contribution in [0.15, 0.2) is 0 Å². The molecule has 6 nitrogen and oxygen atoms in total. The molecule has 2 unspecified atom stereocenters. The largest absolute Gasteiger partial charge is 0.480 e. The zero-order valence-electron chi connectivity index (χ0n) is 12.4. The lowest BCUT2D eigenvalue weighted by Crippen LogP contribution is -2.53. The van der Waals surface area contributed by atoms with E-state index in [4.69, 9.17) is 0 Å². The summed E-state index contributed by atoms with van der Waals surface area (Å²) < 4.78 is 0. The predicted molar refractivity (Wildman–Crippen MR) is 75.6 cm³/mol. The average molecular weight is 283 g/mol. The van der Waals surface area contributed by atoms with Gasteiger partial charge in [0.15, 0.2) is 0 Å². The minimum absolute atomic E-state index is 0.133. The fraction of sp³-hybridized carbons (Fsp3) is 0.857. The Hall–Kier alpha value is -1.30. The van der Waals surface area contributed by atoms with E-state index in [2.05, 4.69) is 11.9 Å². The van der Waals surface area contributed by atoms with Crippen LogP contribution in [0.3, 0.4) is 0 Å². The van der Waals surface area contributed by atoms with Crippen LogP contribution < -0.4 is 0 Å². The molecule has 2 fully saturated rings. The summed E-state index contributed by atoms with van der Waals surface area (Å²) in [5.41, 5.74) is 0. The number of nitrogens with zero attached hydrogens (tertiary/aromatic N) is 3. The highest BCUT2D eigenvalue weighted by Gasteiger charge is 2.34. The maximum absolute atomic E-state index is 12.5. The second-order valence-corrected chi connectivity index (χ2v) is 6.12. The molecule has 2 saturated heterocycles. The first-order valence-corrected chi connectivity index (χ1v) is 7.42. The number of hydrogen-bond acceptors (Lipinski definition) is 3. The molecule has 0 aromatic carbocycles. The molecule has 0 bridgehead atoms. The van der Waals surface area contributed by atoms with Crippen molar-refractivity contribution in [3.05, 3.63) is 0 Å². The number of likely N-dealkylation sites (tertiary alicyclic amines) is 2. The summed E-state index contributed by atoms with van der Waals surface area (Å²) in [6, 6.07) is -0.781. The fourth-order valence-corrected chi connectivity index (χ4v) is 3.28. The monoisotopic (exact) mass is 283 g/mol. The lowest BCUT2D eigenvalue weighted by Gasteiger charge is -2.36. The SMILES string of the molecule is CN1CCC(CN(C)C(=O)N2CCCCC2C(=O)O)C1. The molecule has 0 saturated carbocycles. The zero-order valence-corrected chi connectivity index (χ0v) is 12.4. The summed E-state index contributed by atoms with van der Waals surface area (Å²) in [4.78, 5) is 29.2. The number of carbonyl (C=O) groups excluding carboxylic acids is 1. The van der Waals surface area contributed by atoms with E-state index >= 15 is 0 Å². The molecule has 0 radical (unpaired) electrons. The maximum Gasteiger partial charge on any atom is 0.326 e. The summed E-state index contributed by atoms with van der Waals surface area (Å²) in [6.45, 7) is 3.37. The smallest absolute Gasteiger partial charge is 0.326 e. The van der Waals surface area contributed by atoms with Crippen molar-refractivity contribution in [1.82, 2.24) is 14.7 Å². The summed E-state index contributed by atoms with van der Waals surface area (Å²) >= 11 is 0. The molecule has 2 aliphatic rings. The molecule has 2 atom stereocenters. The van der Waals surface area contributed by atoms with Crippen LogP contribution in [0.1, 0.15) is 25.7 Å². The number of aliphatic carboxylic acids is 1. The van der Waals surface area contributed by atoms with Crippen LogP contribution in [-0.4, -0.2) is 78.1 Å². The highest BCUT2D eigenvalue weighted by molar-refractivity contribution is 5.82. The highest BCUT2D eigenvalue weighted by Crippen LogP contribution is 2.20. The van der Waals surface area contributed by atoms with Gasteiger partial charge in [0.05, 0.1) is 0 Å². The minimum Gasteiger partial charge on any atom is -0.480 e. The van der Waals surface area contributed by atoms with E-state index in [1.165, 1.54) is 4.90 Å². The summed E-state index contributed by atoms with van der Waals surface area (Å²) in [6.07, 6.45) is 3.46. The molecule has 20 heavy (non-hydrogen) atoms. The number of piperidine rings is 1. The Labute approximate surface area is 120 Å². The van der Waals surface area contributed by atoms with Crippen LogP contribution in [0.25, 0.3) is 0 Å². The third kappa shape index (κ3) is 3.42. The van der Waals surface area contributed by atoms with E-state index in [0.717, 1.165) is 32.4 Å². The Morgan fingerprint density at radius 3 is 2.60 bits per heavy atom. The number of amides is 2. The second-order valence-electron chi connectivity index (χ2n) is 6.12. The van der Waals surface area contributed by atoms with Crippen molar-refractivity contribution in [2.45, 2.75) is 31.7 Å². The molecule has 0 spiro atoms. The van der Waals surface area contributed by atoms with E-state index in [1.54, 1.807) is 11.9 Å². The van der Waals surface area contributed by atoms with Crippen molar-refractivity contribution < 1.29 is 14.7 Å². The van der Waals surface area contributed by atoms with Gasteiger partial charge in [-0.2, -0.15) is 0 Å². The van der Waals surface area contributed by atoms with E-state index in [1.807, 2.05) is 0 Å². The van der Waals surface area contributed by atoms with Gasteiger partial charge in [-0.15, -0.1) is 0 Å². The molecule has 2 amide bonds. The van der Waals surface area contributed by atoms with Crippen LogP contribution in [0.4, 0.5) is 4.79 Å². The Morgan fingerprint density at radius 1 is 1.25 bits per heavy atom. The van der Waals surface area contributed by atoms with Crippen LogP contribution >= 0.6 is 0 Å². The lowest BCUT2D eigenvalue weighted by molar-refractivity contribution is -0.143. The van der Waals surface area contributed by atoms with Gasteiger partial charge >= 0.3 is 12.0 Å². The number of rotatable bonds is 3. The van der Waals surface area contributed by atoms with Gasteiger partial charge in [0.1, 0.15) is 6.04 Å². The van der Waals surface area contributed by atoms with Gasteiger partial charge in [0.25, 0.3) is 0 Å². The number of urea groups is 1. The Balaban J connectivity index is 1.92. The van der Waals surface area contributed by atoms with Crippen molar-refractivity contribution in [3.8, 4) is 0 Å². The van der Waals surface area contributed by atoms with Crippen LogP contribution in [0.2, 0.25) is 0 Å². The third-order valence-corrected chi connectivity index (χ3v) is 4.38. The standard InChI is InChI=1S/C14H25N3O3/c1-15-8-6-11(9-15)10-16(2)14(20)17-7-4-3-5-12(17)13(18)19/h11-12H,3-10H2,1-2H3,(H,18,19). The van der Waals surface area contributed by atoms with Crippen molar-refractivity contribution in [1.29, 1.82) is 0 Å². The van der Waals surface area contributed by atoms with Gasteiger partial charge in [0, 0.05) is 26.7 Å². The van der Waals surface area contributed by atoms with Crippen LogP contribution in [0.5, 0.6) is 0 Å². The maximum atomic E-state index is 12.5. The Morgan fingerprint density at radius 2 is 2.00 bits per heavy atom. The van der Waals surface area contributed by atoms with Gasteiger partial charge in [-0.1, -0.05) is 0 Å². The normalized spacial score (nSPS) is 27.6. The zero-order chi connectivity index (χ0) is 14.7. The van der Waals surface area contributed by atoms with E-state index in [0.29, 0.717) is 25.4 Å². The van der Waals surface area contributed by atoms with Gasteiger partial charge in [-0.25, -0.2) is 9.59 Å². The summed E-state index contributed by atoms with van der Waals surface area (Å²) in [5, 5.41) is 9.24. The van der Waals surface area contributed by atoms with E-state index in [9.17, 15) is 14.7 Å². The van der Waals surface area contributed by atoms with E-state index in [-0.39, 0.29) is 6.03 Å².